The van der Waals surface area contributed by atoms with Crippen molar-refractivity contribution in [2.45, 2.75) is 6.92 Å². The van der Waals surface area contributed by atoms with E-state index in [9.17, 15) is 19.7 Å². The second-order valence-electron chi connectivity index (χ2n) is 6.58. The summed E-state index contributed by atoms with van der Waals surface area (Å²) in [6, 6.07) is 14.3. The van der Waals surface area contributed by atoms with E-state index in [0.29, 0.717) is 33.5 Å². The molecular weight excluding hydrogens is 388 g/mol. The zero-order valence-electron chi connectivity index (χ0n) is 16.1. The van der Waals surface area contributed by atoms with Crippen LogP contribution in [0.1, 0.15) is 26.6 Å². The van der Waals surface area contributed by atoms with Crippen molar-refractivity contribution in [2.75, 3.05) is 7.11 Å². The molecule has 8 heteroatoms. The van der Waals surface area contributed by atoms with Gasteiger partial charge in [-0.2, -0.15) is 0 Å². The molecule has 0 spiro atoms. The molecule has 0 aliphatic carbocycles. The molecule has 150 valence electrons. The van der Waals surface area contributed by atoms with E-state index in [-0.39, 0.29) is 17.2 Å². The fraction of sp³-hybridized carbons (Fsp3) is 0.0909. The van der Waals surface area contributed by atoms with Gasteiger partial charge in [-0.1, -0.05) is 18.2 Å². The molecule has 2 aromatic carbocycles. The second kappa shape index (κ2) is 7.32. The zero-order valence-corrected chi connectivity index (χ0v) is 16.1. The molecule has 0 atom stereocenters. The Morgan fingerprint density at radius 2 is 1.93 bits per heavy atom. The number of non-ortho nitro benzene ring substituents is 1. The molecule has 0 saturated heterocycles. The number of nitro benzene ring substituents is 1. The number of fused-ring (bicyclic) bond motifs is 1. The Labute approximate surface area is 170 Å². The van der Waals surface area contributed by atoms with Crippen molar-refractivity contribution in [1.29, 1.82) is 0 Å². The summed E-state index contributed by atoms with van der Waals surface area (Å²) in [5.41, 5.74) is 1.76. The molecule has 0 aliphatic heterocycles. The van der Waals surface area contributed by atoms with Gasteiger partial charge >= 0.3 is 0 Å². The van der Waals surface area contributed by atoms with Crippen molar-refractivity contribution in [1.82, 2.24) is 4.57 Å². The van der Waals surface area contributed by atoms with Gasteiger partial charge in [-0.3, -0.25) is 24.3 Å². The van der Waals surface area contributed by atoms with Gasteiger partial charge in [0.1, 0.15) is 11.5 Å². The summed E-state index contributed by atoms with van der Waals surface area (Å²) in [5, 5.41) is 11.8. The molecule has 8 nitrogen and oxygen atoms in total. The standard InChI is InChI=1S/C22H16N2O6/c1-13-17(12-25)15-5-3-4-6-18(15)23(13)22(26)21-10-9-20(30-21)16-11-14(24(27)28)7-8-19(16)29-2/h3-12H,1-2H3. The molecule has 30 heavy (non-hydrogen) atoms. The van der Waals surface area contributed by atoms with Gasteiger partial charge in [0.15, 0.2) is 12.0 Å². The molecular formula is C22H16N2O6. The van der Waals surface area contributed by atoms with Crippen molar-refractivity contribution in [3.8, 4) is 17.1 Å². The number of aldehydes is 1. The lowest BCUT2D eigenvalue weighted by Crippen LogP contribution is -2.12. The van der Waals surface area contributed by atoms with E-state index in [0.717, 1.165) is 6.29 Å². The van der Waals surface area contributed by atoms with Crippen LogP contribution in [0.4, 0.5) is 5.69 Å². The Hall–Kier alpha value is -4.20. The number of aromatic nitrogens is 1. The first-order valence-electron chi connectivity index (χ1n) is 8.98. The van der Waals surface area contributed by atoms with Crippen LogP contribution in [0.2, 0.25) is 0 Å². The molecule has 0 bridgehead atoms. The van der Waals surface area contributed by atoms with Gasteiger partial charge in [0.2, 0.25) is 0 Å². The number of carbonyl (C=O) groups excluding carboxylic acids is 2. The number of hydrogen-bond acceptors (Lipinski definition) is 6. The molecule has 0 saturated carbocycles. The highest BCUT2D eigenvalue weighted by Crippen LogP contribution is 2.35. The maximum absolute atomic E-state index is 13.2. The predicted octanol–water partition coefficient (Wildman–Crippen LogP) is 4.63. The number of nitrogens with zero attached hydrogens (tertiary/aromatic N) is 2. The Kier molecular flexibility index (Phi) is 4.67. The van der Waals surface area contributed by atoms with Crippen LogP contribution in [0.3, 0.4) is 0 Å². The molecule has 0 radical (unpaired) electrons. The monoisotopic (exact) mass is 404 g/mol. The highest BCUT2D eigenvalue weighted by Gasteiger charge is 2.23. The third kappa shape index (κ3) is 2.95. The molecule has 0 amide bonds. The number of methoxy groups -OCH3 is 1. The van der Waals surface area contributed by atoms with E-state index in [1.165, 1.54) is 35.9 Å². The Morgan fingerprint density at radius 3 is 2.63 bits per heavy atom. The van der Waals surface area contributed by atoms with Gasteiger partial charge in [0, 0.05) is 28.8 Å². The maximum Gasteiger partial charge on any atom is 0.298 e. The largest absolute Gasteiger partial charge is 0.496 e. The Morgan fingerprint density at radius 1 is 1.17 bits per heavy atom. The average molecular weight is 404 g/mol. The Balaban J connectivity index is 1.82. The van der Waals surface area contributed by atoms with Gasteiger partial charge in [-0.25, -0.2) is 0 Å². The number of para-hydroxylation sites is 1. The minimum Gasteiger partial charge on any atom is -0.496 e. The number of nitro groups is 1. The minimum atomic E-state index is -0.520. The normalized spacial score (nSPS) is 10.9. The van der Waals surface area contributed by atoms with Gasteiger partial charge in [-0.15, -0.1) is 0 Å². The van der Waals surface area contributed by atoms with Crippen molar-refractivity contribution < 1.29 is 23.7 Å². The first-order valence-corrected chi connectivity index (χ1v) is 8.98. The van der Waals surface area contributed by atoms with Crippen molar-refractivity contribution in [3.05, 3.63) is 81.7 Å². The van der Waals surface area contributed by atoms with E-state index in [4.69, 9.17) is 9.15 Å². The van der Waals surface area contributed by atoms with E-state index >= 15 is 0 Å². The highest BCUT2D eigenvalue weighted by molar-refractivity contribution is 6.07. The van der Waals surface area contributed by atoms with Gasteiger partial charge in [-0.05, 0) is 31.2 Å². The average Bonchev–Trinajstić information content (AvgIpc) is 3.35. The van der Waals surface area contributed by atoms with Gasteiger partial charge < -0.3 is 9.15 Å². The van der Waals surface area contributed by atoms with Crippen LogP contribution in [-0.2, 0) is 0 Å². The second-order valence-corrected chi connectivity index (χ2v) is 6.58. The van der Waals surface area contributed by atoms with E-state index in [2.05, 4.69) is 0 Å². The molecule has 0 unspecified atom stereocenters. The summed E-state index contributed by atoms with van der Waals surface area (Å²) in [7, 11) is 1.44. The number of benzene rings is 2. The zero-order chi connectivity index (χ0) is 21.4. The van der Waals surface area contributed by atoms with E-state index < -0.39 is 10.8 Å². The molecule has 0 fully saturated rings. The van der Waals surface area contributed by atoms with Crippen LogP contribution in [-0.4, -0.2) is 28.8 Å². The molecule has 0 N–H and O–H groups in total. The predicted molar refractivity (Wildman–Crippen MR) is 109 cm³/mol. The quantitative estimate of drug-likeness (QED) is 0.273. The molecule has 4 rings (SSSR count). The SMILES string of the molecule is COc1ccc([N+](=O)[O-])cc1-c1ccc(C(=O)n2c(C)c(C=O)c3ccccc32)o1. The van der Waals surface area contributed by atoms with Crippen molar-refractivity contribution in [2.24, 2.45) is 0 Å². The number of furan rings is 1. The fourth-order valence-electron chi connectivity index (χ4n) is 3.51. The van der Waals surface area contributed by atoms with Crippen LogP contribution < -0.4 is 4.74 Å². The molecule has 4 aromatic rings. The molecule has 2 aromatic heterocycles. The summed E-state index contributed by atoms with van der Waals surface area (Å²) >= 11 is 0. The fourth-order valence-corrected chi connectivity index (χ4v) is 3.51. The summed E-state index contributed by atoms with van der Waals surface area (Å²) in [4.78, 5) is 35.3. The smallest absolute Gasteiger partial charge is 0.298 e. The third-order valence-electron chi connectivity index (χ3n) is 4.96. The maximum atomic E-state index is 13.2. The summed E-state index contributed by atoms with van der Waals surface area (Å²) in [6.45, 7) is 1.69. The first kappa shape index (κ1) is 19.1. The molecule has 0 aliphatic rings. The lowest BCUT2D eigenvalue weighted by atomic mass is 10.1. The first-order chi connectivity index (χ1) is 14.5. The van der Waals surface area contributed by atoms with Crippen molar-refractivity contribution in [3.63, 3.8) is 0 Å². The lowest BCUT2D eigenvalue weighted by molar-refractivity contribution is -0.384. The number of rotatable bonds is 5. The molecule has 2 heterocycles. The topological polar surface area (TPSA) is 105 Å². The van der Waals surface area contributed by atoms with Gasteiger partial charge in [0.25, 0.3) is 11.6 Å². The number of carbonyl (C=O) groups is 2. The summed E-state index contributed by atoms with van der Waals surface area (Å²) in [5.74, 6) is 0.204. The van der Waals surface area contributed by atoms with Crippen LogP contribution in [0.25, 0.3) is 22.2 Å². The van der Waals surface area contributed by atoms with E-state index in [1.807, 2.05) is 0 Å². The van der Waals surface area contributed by atoms with Crippen LogP contribution in [0.15, 0.2) is 59.0 Å². The number of hydrogen-bond donors (Lipinski definition) is 0. The van der Waals surface area contributed by atoms with Crippen LogP contribution >= 0.6 is 0 Å². The number of ether oxygens (including phenoxy) is 1. The van der Waals surface area contributed by atoms with Crippen molar-refractivity contribution >= 4 is 28.8 Å². The minimum absolute atomic E-state index is 0.0276. The third-order valence-corrected chi connectivity index (χ3v) is 4.96. The lowest BCUT2D eigenvalue weighted by Gasteiger charge is -2.07. The Bertz CT molecular complexity index is 1310. The van der Waals surface area contributed by atoms with E-state index in [1.54, 1.807) is 37.3 Å². The highest BCUT2D eigenvalue weighted by atomic mass is 16.6. The van der Waals surface area contributed by atoms with Crippen LogP contribution in [0, 0.1) is 17.0 Å². The summed E-state index contributed by atoms with van der Waals surface area (Å²) in [6.07, 6.45) is 0.725. The van der Waals surface area contributed by atoms with Crippen LogP contribution in [0.5, 0.6) is 5.75 Å². The van der Waals surface area contributed by atoms with Gasteiger partial charge in [0.05, 0.1) is 23.1 Å². The summed E-state index contributed by atoms with van der Waals surface area (Å²) < 4.78 is 12.4.